The number of aromatic nitrogens is 1. The topological polar surface area (TPSA) is 74.8 Å². The highest BCUT2D eigenvalue weighted by Crippen LogP contribution is 2.25. The lowest BCUT2D eigenvalue weighted by Gasteiger charge is -2.14. The second-order valence-electron chi connectivity index (χ2n) is 4.56. The van der Waals surface area contributed by atoms with Crippen LogP contribution in [0, 0.1) is 5.41 Å². The molecule has 0 atom stereocenters. The summed E-state index contributed by atoms with van der Waals surface area (Å²) >= 11 is 0. The highest BCUT2D eigenvalue weighted by Gasteiger charge is 2.17. The van der Waals surface area contributed by atoms with Gasteiger partial charge < -0.3 is 11.1 Å². The van der Waals surface area contributed by atoms with Crippen molar-refractivity contribution in [3.05, 3.63) is 22.9 Å². The molecule has 86 valence electrons. The summed E-state index contributed by atoms with van der Waals surface area (Å²) in [5.41, 5.74) is 8.73. The molecule has 0 radical (unpaired) electrons. The minimum absolute atomic E-state index is 0.0883. The first-order valence-electron chi connectivity index (χ1n) is 5.71. The molecule has 0 aliphatic heterocycles. The number of rotatable bonds is 3. The Balaban J connectivity index is 2.44. The maximum atomic E-state index is 7.58. The van der Waals surface area contributed by atoms with Crippen LogP contribution in [0.5, 0.6) is 0 Å². The van der Waals surface area contributed by atoms with Crippen LogP contribution in [0.3, 0.4) is 0 Å². The molecule has 1 heterocycles. The third-order valence-corrected chi connectivity index (χ3v) is 2.77. The van der Waals surface area contributed by atoms with Crippen molar-refractivity contribution in [3.63, 3.8) is 0 Å². The van der Waals surface area contributed by atoms with Gasteiger partial charge in [-0.25, -0.2) is 4.98 Å². The summed E-state index contributed by atoms with van der Waals surface area (Å²) < 4.78 is 0. The summed E-state index contributed by atoms with van der Waals surface area (Å²) in [5.74, 6) is 0.841. The number of anilines is 1. The molecule has 1 aliphatic carbocycles. The van der Waals surface area contributed by atoms with Crippen LogP contribution in [0.4, 0.5) is 5.82 Å². The predicted octanol–water partition coefficient (Wildman–Crippen LogP) is 1.67. The van der Waals surface area contributed by atoms with Gasteiger partial charge in [0.1, 0.15) is 11.7 Å². The molecule has 4 nitrogen and oxygen atoms in total. The average molecular weight is 218 g/mol. The molecule has 1 aromatic rings. The van der Waals surface area contributed by atoms with E-state index in [0.29, 0.717) is 6.04 Å². The van der Waals surface area contributed by atoms with Crippen LogP contribution in [0.15, 0.2) is 6.07 Å². The lowest BCUT2D eigenvalue weighted by Crippen LogP contribution is -2.19. The molecule has 4 N–H and O–H groups in total. The first-order chi connectivity index (χ1) is 7.58. The summed E-state index contributed by atoms with van der Waals surface area (Å²) in [6.07, 6.45) is 3.26. The van der Waals surface area contributed by atoms with E-state index in [2.05, 4.69) is 24.1 Å². The normalized spacial score (nSPS) is 13.9. The van der Waals surface area contributed by atoms with Crippen molar-refractivity contribution < 1.29 is 0 Å². The number of aryl methyl sites for hydroxylation is 2. The Labute approximate surface area is 95.8 Å². The van der Waals surface area contributed by atoms with E-state index in [1.54, 1.807) is 0 Å². The van der Waals surface area contributed by atoms with Crippen molar-refractivity contribution in [3.8, 4) is 0 Å². The molecule has 16 heavy (non-hydrogen) atoms. The fourth-order valence-electron chi connectivity index (χ4n) is 2.06. The van der Waals surface area contributed by atoms with Gasteiger partial charge in [-0.1, -0.05) is 0 Å². The maximum Gasteiger partial charge on any atom is 0.137 e. The molecular weight excluding hydrogens is 200 g/mol. The Morgan fingerprint density at radius 2 is 2.25 bits per heavy atom. The van der Waals surface area contributed by atoms with Gasteiger partial charge in [-0.15, -0.1) is 0 Å². The quantitative estimate of drug-likeness (QED) is 0.533. The minimum Gasteiger partial charge on any atom is -0.384 e. The zero-order valence-corrected chi connectivity index (χ0v) is 9.80. The monoisotopic (exact) mass is 218 g/mol. The number of hydrogen-bond donors (Lipinski definition) is 3. The molecule has 2 rings (SSSR count). The Morgan fingerprint density at radius 3 is 2.88 bits per heavy atom. The first-order valence-corrected chi connectivity index (χ1v) is 5.71. The molecule has 0 fully saturated rings. The molecule has 0 unspecified atom stereocenters. The smallest absolute Gasteiger partial charge is 0.137 e. The lowest BCUT2D eigenvalue weighted by atomic mass is 10.1. The van der Waals surface area contributed by atoms with E-state index < -0.39 is 0 Å². The molecule has 0 saturated carbocycles. The van der Waals surface area contributed by atoms with Crippen molar-refractivity contribution in [2.75, 3.05) is 5.32 Å². The van der Waals surface area contributed by atoms with Crippen LogP contribution in [0.1, 0.15) is 37.1 Å². The highest BCUT2D eigenvalue weighted by atomic mass is 15.0. The third-order valence-electron chi connectivity index (χ3n) is 2.77. The molecule has 1 aromatic heterocycles. The molecule has 0 amide bonds. The van der Waals surface area contributed by atoms with Crippen molar-refractivity contribution in [1.82, 2.24) is 4.98 Å². The van der Waals surface area contributed by atoms with Crippen molar-refractivity contribution in [2.45, 2.75) is 39.2 Å². The summed E-state index contributed by atoms with van der Waals surface area (Å²) in [4.78, 5) is 4.58. The molecular formula is C12H18N4. The number of pyridine rings is 1. The number of amidine groups is 1. The van der Waals surface area contributed by atoms with Gasteiger partial charge >= 0.3 is 0 Å². The third kappa shape index (κ3) is 2.01. The number of nitrogens with zero attached hydrogens (tertiary/aromatic N) is 1. The Kier molecular flexibility index (Phi) is 2.81. The van der Waals surface area contributed by atoms with E-state index in [0.717, 1.165) is 36.3 Å². The Morgan fingerprint density at radius 1 is 1.50 bits per heavy atom. The van der Waals surface area contributed by atoms with Gasteiger partial charge in [0.05, 0.1) is 5.56 Å². The van der Waals surface area contributed by atoms with E-state index in [4.69, 9.17) is 11.1 Å². The first kappa shape index (κ1) is 10.9. The Bertz CT molecular complexity index is 423. The van der Waals surface area contributed by atoms with Crippen LogP contribution in [-0.4, -0.2) is 16.9 Å². The fourth-order valence-corrected chi connectivity index (χ4v) is 2.06. The standard InChI is InChI=1S/C12H18N4/c1-7(2)15-12-9(11(13)14)6-8-4-3-5-10(8)16-12/h6-7H,3-5H2,1-2H3,(H3,13,14)(H,15,16). The fraction of sp³-hybridized carbons (Fsp3) is 0.500. The zero-order chi connectivity index (χ0) is 11.7. The van der Waals surface area contributed by atoms with Crippen LogP contribution < -0.4 is 11.1 Å². The Hall–Kier alpha value is -1.58. The predicted molar refractivity (Wildman–Crippen MR) is 66.0 cm³/mol. The van der Waals surface area contributed by atoms with Gasteiger partial charge in [0.2, 0.25) is 0 Å². The van der Waals surface area contributed by atoms with Crippen molar-refractivity contribution in [1.29, 1.82) is 5.41 Å². The molecule has 0 saturated heterocycles. The van der Waals surface area contributed by atoms with Gasteiger partial charge in [-0.05, 0) is 44.7 Å². The van der Waals surface area contributed by atoms with Crippen LogP contribution in [0.2, 0.25) is 0 Å². The largest absolute Gasteiger partial charge is 0.384 e. The van der Waals surface area contributed by atoms with E-state index in [1.165, 1.54) is 5.56 Å². The SMILES string of the molecule is CC(C)Nc1nc2c(cc1C(=N)N)CCC2. The molecule has 0 spiro atoms. The number of nitrogens with two attached hydrogens (primary N) is 1. The van der Waals surface area contributed by atoms with Gasteiger partial charge in [0.15, 0.2) is 0 Å². The van der Waals surface area contributed by atoms with Crippen LogP contribution in [-0.2, 0) is 12.8 Å². The van der Waals surface area contributed by atoms with Crippen molar-refractivity contribution >= 4 is 11.7 Å². The lowest BCUT2D eigenvalue weighted by molar-refractivity contribution is 0.876. The molecule has 1 aliphatic rings. The molecule has 0 bridgehead atoms. The summed E-state index contributed by atoms with van der Waals surface area (Å²) in [6, 6.07) is 2.31. The second kappa shape index (κ2) is 4.12. The highest BCUT2D eigenvalue weighted by molar-refractivity contribution is 5.99. The number of nitrogen functional groups attached to an aromatic ring is 1. The second-order valence-corrected chi connectivity index (χ2v) is 4.56. The van der Waals surface area contributed by atoms with E-state index in [1.807, 2.05) is 6.07 Å². The van der Waals surface area contributed by atoms with E-state index >= 15 is 0 Å². The zero-order valence-electron chi connectivity index (χ0n) is 9.80. The van der Waals surface area contributed by atoms with E-state index in [-0.39, 0.29) is 5.84 Å². The van der Waals surface area contributed by atoms with Gasteiger partial charge in [0, 0.05) is 11.7 Å². The average Bonchev–Trinajstić information content (AvgIpc) is 2.62. The van der Waals surface area contributed by atoms with Crippen molar-refractivity contribution in [2.24, 2.45) is 5.73 Å². The van der Waals surface area contributed by atoms with Gasteiger partial charge in [-0.3, -0.25) is 5.41 Å². The summed E-state index contributed by atoms with van der Waals surface area (Å²) in [5, 5.41) is 10.8. The molecule has 4 heteroatoms. The summed E-state index contributed by atoms with van der Waals surface area (Å²) in [6.45, 7) is 4.11. The minimum atomic E-state index is 0.0883. The van der Waals surface area contributed by atoms with Gasteiger partial charge in [0.25, 0.3) is 0 Å². The number of hydrogen-bond acceptors (Lipinski definition) is 3. The van der Waals surface area contributed by atoms with E-state index in [9.17, 15) is 0 Å². The number of nitrogens with one attached hydrogen (secondary N) is 2. The molecule has 0 aromatic carbocycles. The van der Waals surface area contributed by atoms with Crippen LogP contribution in [0.25, 0.3) is 0 Å². The summed E-state index contributed by atoms with van der Waals surface area (Å²) in [7, 11) is 0. The van der Waals surface area contributed by atoms with Crippen LogP contribution >= 0.6 is 0 Å². The van der Waals surface area contributed by atoms with Gasteiger partial charge in [-0.2, -0.15) is 0 Å². The maximum absolute atomic E-state index is 7.58. The number of fused-ring (bicyclic) bond motifs is 1.